The van der Waals surface area contributed by atoms with Crippen LogP contribution < -0.4 is 15.8 Å². The van der Waals surface area contributed by atoms with Gasteiger partial charge in [0, 0.05) is 44.3 Å². The minimum absolute atomic E-state index is 0.103. The molecule has 2 aliphatic heterocycles. The van der Waals surface area contributed by atoms with Gasteiger partial charge in [0.2, 0.25) is 0 Å². The van der Waals surface area contributed by atoms with Crippen molar-refractivity contribution >= 4 is 22.2 Å². The zero-order chi connectivity index (χ0) is 24.0. The van der Waals surface area contributed by atoms with Crippen molar-refractivity contribution in [1.82, 2.24) is 15.8 Å². The molecule has 0 spiro atoms. The third kappa shape index (κ3) is 5.76. The topological polar surface area (TPSA) is 56.8 Å². The number of nitrogens with zero attached hydrogens (tertiary/aromatic N) is 2. The average Bonchev–Trinajstić information content (AvgIpc) is 3.58. The van der Waals surface area contributed by atoms with E-state index in [-0.39, 0.29) is 5.91 Å². The molecule has 0 bridgehead atoms. The number of hydrogen-bond donors (Lipinski definition) is 2. The highest BCUT2D eigenvalue weighted by Crippen LogP contribution is 2.39. The minimum Gasteiger partial charge on any atom is -0.378 e. The second-order valence-corrected chi connectivity index (χ2v) is 10.4. The zero-order valence-corrected chi connectivity index (χ0v) is 21.1. The molecule has 2 unspecified atom stereocenters. The smallest absolute Gasteiger partial charge is 0.263 e. The number of amides is 1. The number of carbonyl (C=O) groups excluding carboxylic acids is 1. The van der Waals surface area contributed by atoms with E-state index in [0.29, 0.717) is 12.1 Å². The number of ether oxygens (including phenoxy) is 1. The molecule has 7 heteroatoms. The summed E-state index contributed by atoms with van der Waals surface area (Å²) in [5, 5.41) is 1.17. The van der Waals surface area contributed by atoms with Crippen LogP contribution in [0.25, 0.3) is 11.1 Å². The van der Waals surface area contributed by atoms with Gasteiger partial charge in [-0.1, -0.05) is 60.7 Å². The Morgan fingerprint density at radius 2 is 1.77 bits per heavy atom. The number of rotatable bonds is 8. The van der Waals surface area contributed by atoms with Gasteiger partial charge in [0.15, 0.2) is 0 Å². The molecule has 184 valence electrons. The van der Waals surface area contributed by atoms with Gasteiger partial charge in [-0.2, -0.15) is 0 Å². The van der Waals surface area contributed by atoms with Gasteiger partial charge >= 0.3 is 0 Å². The lowest BCUT2D eigenvalue weighted by atomic mass is 10.00. The second-order valence-electron chi connectivity index (χ2n) is 9.35. The van der Waals surface area contributed by atoms with Gasteiger partial charge in [0.05, 0.1) is 23.1 Å². The normalized spacial score (nSPS) is 20.2. The number of nitrogens with one attached hydrogen (secondary N) is 2. The molecule has 0 aliphatic carbocycles. The summed E-state index contributed by atoms with van der Waals surface area (Å²) in [4.78, 5) is 18.4. The first-order chi connectivity index (χ1) is 17.2. The van der Waals surface area contributed by atoms with Crippen molar-refractivity contribution in [3.05, 3.63) is 77.2 Å². The molecule has 1 aromatic heterocycles. The van der Waals surface area contributed by atoms with Gasteiger partial charge in [0.1, 0.15) is 0 Å². The van der Waals surface area contributed by atoms with Crippen LogP contribution >= 0.6 is 11.3 Å². The number of carbonyl (C=O) groups is 1. The summed E-state index contributed by atoms with van der Waals surface area (Å²) >= 11 is 1.61. The summed E-state index contributed by atoms with van der Waals surface area (Å²) in [5.74, 6) is 0.103. The molecule has 2 fully saturated rings. The van der Waals surface area contributed by atoms with E-state index in [9.17, 15) is 4.79 Å². The predicted molar refractivity (Wildman–Crippen MR) is 143 cm³/mol. The molecule has 3 heterocycles. The first-order valence-electron chi connectivity index (χ1n) is 12.5. The minimum atomic E-state index is 0.103. The largest absolute Gasteiger partial charge is 0.378 e. The number of hydrogen-bond acceptors (Lipinski definition) is 6. The van der Waals surface area contributed by atoms with E-state index in [4.69, 9.17) is 4.74 Å². The lowest BCUT2D eigenvalue weighted by Gasteiger charge is -2.28. The monoisotopic (exact) mass is 490 g/mol. The molecule has 2 atom stereocenters. The molecule has 2 N–H and O–H groups in total. The molecular weight excluding hydrogens is 456 g/mol. The maximum Gasteiger partial charge on any atom is 0.263 e. The highest BCUT2D eigenvalue weighted by atomic mass is 32.1. The van der Waals surface area contributed by atoms with Crippen LogP contribution in [0.1, 0.15) is 40.5 Å². The molecule has 0 radical (unpaired) electrons. The number of anilines is 1. The fourth-order valence-corrected chi connectivity index (χ4v) is 6.12. The predicted octanol–water partition coefficient (Wildman–Crippen LogP) is 4.71. The Bertz CT molecular complexity index is 1100. The van der Waals surface area contributed by atoms with Crippen LogP contribution in [-0.2, 0) is 4.74 Å². The lowest BCUT2D eigenvalue weighted by Crippen LogP contribution is -2.35. The van der Waals surface area contributed by atoms with Crippen LogP contribution in [0.4, 0.5) is 5.00 Å². The van der Waals surface area contributed by atoms with Gasteiger partial charge in [-0.3, -0.25) is 15.6 Å². The Hall–Kier alpha value is -2.71. The number of hydrazine groups is 1. The van der Waals surface area contributed by atoms with Gasteiger partial charge in [0.25, 0.3) is 5.91 Å². The second kappa shape index (κ2) is 11.4. The molecule has 1 amide bonds. The standard InChI is InChI=1S/C28H34N4O2S/c1-31(14-8-13-23-19-25(30-29-23)22-11-6-3-7-12-22)27(33)26-20-24(21-9-4-2-5-10-21)28(35-26)32-15-17-34-18-16-32/h2-7,9-12,20,23,25,29-30H,8,13-19H2,1H3. The van der Waals surface area contributed by atoms with Crippen LogP contribution in [0.15, 0.2) is 66.7 Å². The van der Waals surface area contributed by atoms with E-state index in [1.165, 1.54) is 10.6 Å². The summed E-state index contributed by atoms with van der Waals surface area (Å²) in [6.45, 7) is 3.92. The Morgan fingerprint density at radius 1 is 1.06 bits per heavy atom. The zero-order valence-electron chi connectivity index (χ0n) is 20.3. The number of morpholine rings is 1. The summed E-state index contributed by atoms with van der Waals surface area (Å²) < 4.78 is 5.56. The van der Waals surface area contributed by atoms with E-state index in [0.717, 1.165) is 68.1 Å². The number of benzene rings is 2. The van der Waals surface area contributed by atoms with E-state index in [2.05, 4.69) is 76.4 Å². The van der Waals surface area contributed by atoms with Crippen molar-refractivity contribution in [2.75, 3.05) is 44.8 Å². The molecule has 6 nitrogen and oxygen atoms in total. The van der Waals surface area contributed by atoms with Crippen molar-refractivity contribution < 1.29 is 9.53 Å². The maximum atomic E-state index is 13.4. The van der Waals surface area contributed by atoms with Gasteiger partial charge in [-0.05, 0) is 36.5 Å². The first kappa shape index (κ1) is 24.0. The van der Waals surface area contributed by atoms with Crippen LogP contribution in [0.2, 0.25) is 0 Å². The van der Waals surface area contributed by atoms with Crippen molar-refractivity contribution in [3.8, 4) is 11.1 Å². The SMILES string of the molecule is CN(CCCC1CC(c2ccccc2)NN1)C(=O)c1cc(-c2ccccc2)c(N2CCOCC2)s1. The molecule has 35 heavy (non-hydrogen) atoms. The third-order valence-electron chi connectivity index (χ3n) is 6.88. The quantitative estimate of drug-likeness (QED) is 0.479. The molecule has 2 aliphatic rings. The maximum absolute atomic E-state index is 13.4. The summed E-state index contributed by atoms with van der Waals surface area (Å²) in [6, 6.07) is 23.8. The first-order valence-corrected chi connectivity index (χ1v) is 13.3. The van der Waals surface area contributed by atoms with Crippen LogP contribution in [0.5, 0.6) is 0 Å². The molecular formula is C28H34N4O2S. The third-order valence-corrected chi connectivity index (χ3v) is 8.07. The molecule has 3 aromatic rings. The molecule has 0 saturated carbocycles. The van der Waals surface area contributed by atoms with Crippen LogP contribution in [0, 0.1) is 0 Å². The fourth-order valence-electron chi connectivity index (χ4n) is 4.89. The number of thiophene rings is 1. The Balaban J connectivity index is 1.20. The van der Waals surface area contributed by atoms with Crippen molar-refractivity contribution in [3.63, 3.8) is 0 Å². The van der Waals surface area contributed by atoms with Crippen molar-refractivity contribution in [1.29, 1.82) is 0 Å². The van der Waals surface area contributed by atoms with Crippen LogP contribution in [0.3, 0.4) is 0 Å². The van der Waals surface area contributed by atoms with E-state index in [1.54, 1.807) is 11.3 Å². The Labute approximate surface area is 211 Å². The van der Waals surface area contributed by atoms with Gasteiger partial charge in [-0.15, -0.1) is 11.3 Å². The van der Waals surface area contributed by atoms with E-state index >= 15 is 0 Å². The Morgan fingerprint density at radius 3 is 2.51 bits per heavy atom. The van der Waals surface area contributed by atoms with Crippen LogP contribution in [-0.4, -0.2) is 56.7 Å². The summed E-state index contributed by atoms with van der Waals surface area (Å²) in [5.41, 5.74) is 10.5. The lowest BCUT2D eigenvalue weighted by molar-refractivity contribution is 0.0796. The van der Waals surface area contributed by atoms with Crippen molar-refractivity contribution in [2.24, 2.45) is 0 Å². The van der Waals surface area contributed by atoms with E-state index < -0.39 is 0 Å². The molecule has 2 aromatic carbocycles. The Kier molecular flexibility index (Phi) is 7.79. The fraction of sp³-hybridized carbons (Fsp3) is 0.393. The summed E-state index contributed by atoms with van der Waals surface area (Å²) in [6.07, 6.45) is 3.07. The molecule has 5 rings (SSSR count). The summed E-state index contributed by atoms with van der Waals surface area (Å²) in [7, 11) is 1.92. The molecule has 2 saturated heterocycles. The van der Waals surface area contributed by atoms with E-state index in [1.807, 2.05) is 18.0 Å². The highest BCUT2D eigenvalue weighted by Gasteiger charge is 2.26. The van der Waals surface area contributed by atoms with Crippen molar-refractivity contribution in [2.45, 2.75) is 31.3 Å². The van der Waals surface area contributed by atoms with Gasteiger partial charge < -0.3 is 14.5 Å². The average molecular weight is 491 g/mol. The van der Waals surface area contributed by atoms with Gasteiger partial charge in [-0.25, -0.2) is 0 Å². The highest BCUT2D eigenvalue weighted by molar-refractivity contribution is 7.18.